The molecule has 0 atom stereocenters. The molecule has 18 heavy (non-hydrogen) atoms. The number of rotatable bonds is 4. The Morgan fingerprint density at radius 1 is 1.44 bits per heavy atom. The van der Waals surface area contributed by atoms with Crippen LogP contribution in [0.2, 0.25) is 0 Å². The zero-order valence-corrected chi connectivity index (χ0v) is 13.3. The number of amides is 1. The van der Waals surface area contributed by atoms with E-state index in [2.05, 4.69) is 36.5 Å². The van der Waals surface area contributed by atoms with Crippen LogP contribution >= 0.6 is 36.2 Å². The highest BCUT2D eigenvalue weighted by Gasteiger charge is 2.17. The summed E-state index contributed by atoms with van der Waals surface area (Å²) in [4.78, 5) is 15.5. The molecule has 0 bridgehead atoms. The standard InChI is InChI=1S/C11H19N3OS.2ClH/c1-11(2,3)8-7-16-10(14-8)4-5-13-9(15)6-12;;/h7H,4-6,12H2,1-3H3,(H,13,15);2*1H. The number of aromatic nitrogens is 1. The van der Waals surface area contributed by atoms with Gasteiger partial charge in [0.1, 0.15) is 0 Å². The summed E-state index contributed by atoms with van der Waals surface area (Å²) in [6, 6.07) is 0. The van der Waals surface area contributed by atoms with Gasteiger partial charge in [-0.3, -0.25) is 4.79 Å². The quantitative estimate of drug-likeness (QED) is 0.892. The maximum Gasteiger partial charge on any atom is 0.233 e. The Labute approximate surface area is 125 Å². The van der Waals surface area contributed by atoms with Crippen molar-refractivity contribution in [2.45, 2.75) is 32.6 Å². The van der Waals surface area contributed by atoms with E-state index >= 15 is 0 Å². The second-order valence-corrected chi connectivity index (χ2v) is 5.62. The summed E-state index contributed by atoms with van der Waals surface area (Å²) >= 11 is 1.64. The van der Waals surface area contributed by atoms with Crippen LogP contribution in [0.5, 0.6) is 0 Å². The molecule has 0 aromatic carbocycles. The fourth-order valence-corrected chi connectivity index (χ4v) is 2.18. The van der Waals surface area contributed by atoms with Crippen molar-refractivity contribution >= 4 is 42.1 Å². The zero-order chi connectivity index (χ0) is 12.2. The first-order valence-electron chi connectivity index (χ1n) is 5.35. The molecule has 4 nitrogen and oxygen atoms in total. The average Bonchev–Trinajstić information content (AvgIpc) is 2.65. The maximum absolute atomic E-state index is 10.9. The van der Waals surface area contributed by atoms with Gasteiger partial charge in [0.05, 0.1) is 17.2 Å². The number of nitrogens with one attached hydrogen (secondary N) is 1. The summed E-state index contributed by atoms with van der Waals surface area (Å²) in [6.07, 6.45) is 0.770. The van der Waals surface area contributed by atoms with E-state index in [1.165, 1.54) is 0 Å². The maximum atomic E-state index is 10.9. The Hall–Kier alpha value is -0.360. The van der Waals surface area contributed by atoms with Crippen LogP contribution in [0, 0.1) is 0 Å². The Kier molecular flexibility index (Phi) is 9.64. The molecule has 0 saturated heterocycles. The highest BCUT2D eigenvalue weighted by Crippen LogP contribution is 2.23. The normalized spacial score (nSPS) is 10.2. The van der Waals surface area contributed by atoms with Crippen molar-refractivity contribution in [3.63, 3.8) is 0 Å². The lowest BCUT2D eigenvalue weighted by atomic mass is 9.93. The van der Waals surface area contributed by atoms with E-state index in [0.717, 1.165) is 17.1 Å². The summed E-state index contributed by atoms with van der Waals surface area (Å²) in [5.74, 6) is -0.118. The smallest absolute Gasteiger partial charge is 0.233 e. The molecule has 0 fully saturated rings. The van der Waals surface area contributed by atoms with Crippen LogP contribution in [0.3, 0.4) is 0 Å². The van der Waals surface area contributed by atoms with Crippen molar-refractivity contribution in [3.8, 4) is 0 Å². The molecule has 7 heteroatoms. The Balaban J connectivity index is 0. The largest absolute Gasteiger partial charge is 0.355 e. The fourth-order valence-electron chi connectivity index (χ4n) is 1.15. The molecule has 0 unspecified atom stereocenters. The van der Waals surface area contributed by atoms with Crippen LogP contribution < -0.4 is 11.1 Å². The number of nitrogens with zero attached hydrogens (tertiary/aromatic N) is 1. The first-order chi connectivity index (χ1) is 7.43. The topological polar surface area (TPSA) is 68.0 Å². The SMILES string of the molecule is CC(C)(C)c1csc(CCNC(=O)CN)n1.Cl.Cl. The minimum atomic E-state index is -0.118. The van der Waals surface area contributed by atoms with Gasteiger partial charge >= 0.3 is 0 Å². The minimum absolute atomic E-state index is 0. The molecule has 3 N–H and O–H groups in total. The lowest BCUT2D eigenvalue weighted by Crippen LogP contribution is -2.31. The van der Waals surface area contributed by atoms with Crippen molar-refractivity contribution in [2.75, 3.05) is 13.1 Å². The van der Waals surface area contributed by atoms with Gasteiger partial charge in [-0.2, -0.15) is 0 Å². The third-order valence-electron chi connectivity index (χ3n) is 2.17. The molecule has 0 aliphatic carbocycles. The van der Waals surface area contributed by atoms with Gasteiger partial charge in [0.25, 0.3) is 0 Å². The monoisotopic (exact) mass is 313 g/mol. The summed E-state index contributed by atoms with van der Waals surface area (Å²) in [5.41, 5.74) is 6.39. The zero-order valence-electron chi connectivity index (χ0n) is 10.9. The second-order valence-electron chi connectivity index (χ2n) is 4.68. The minimum Gasteiger partial charge on any atom is -0.355 e. The lowest BCUT2D eigenvalue weighted by molar-refractivity contribution is -0.119. The summed E-state index contributed by atoms with van der Waals surface area (Å²) in [7, 11) is 0. The second kappa shape index (κ2) is 8.69. The number of carbonyl (C=O) groups is 1. The first-order valence-corrected chi connectivity index (χ1v) is 6.23. The lowest BCUT2D eigenvalue weighted by Gasteiger charge is -2.14. The number of carbonyl (C=O) groups excluding carboxylic acids is 1. The van der Waals surface area contributed by atoms with Gasteiger partial charge in [-0.25, -0.2) is 4.98 Å². The number of thiazole rings is 1. The van der Waals surface area contributed by atoms with E-state index in [0.29, 0.717) is 6.54 Å². The fraction of sp³-hybridized carbons (Fsp3) is 0.636. The van der Waals surface area contributed by atoms with Gasteiger partial charge in [-0.15, -0.1) is 36.2 Å². The van der Waals surface area contributed by atoms with Crippen LogP contribution in [0.4, 0.5) is 0 Å². The third-order valence-corrected chi connectivity index (χ3v) is 3.08. The van der Waals surface area contributed by atoms with Crippen LogP contribution in [-0.2, 0) is 16.6 Å². The summed E-state index contributed by atoms with van der Waals surface area (Å²) in [5, 5.41) is 5.87. The van der Waals surface area contributed by atoms with Crippen LogP contribution in [0.25, 0.3) is 0 Å². The van der Waals surface area contributed by atoms with Gasteiger partial charge in [0.2, 0.25) is 5.91 Å². The van der Waals surface area contributed by atoms with E-state index in [4.69, 9.17) is 5.73 Å². The van der Waals surface area contributed by atoms with E-state index in [1.54, 1.807) is 11.3 Å². The highest BCUT2D eigenvalue weighted by molar-refractivity contribution is 7.09. The number of halogens is 2. The molecule has 1 rings (SSSR count). The third kappa shape index (κ3) is 6.54. The van der Waals surface area contributed by atoms with E-state index in [1.807, 2.05) is 0 Å². The molecular weight excluding hydrogens is 293 g/mol. The summed E-state index contributed by atoms with van der Waals surface area (Å²) in [6.45, 7) is 7.07. The predicted octanol–water partition coefficient (Wildman–Crippen LogP) is 1.90. The number of hydrogen-bond donors (Lipinski definition) is 2. The van der Waals surface area contributed by atoms with Crippen molar-refractivity contribution in [1.82, 2.24) is 10.3 Å². The Bertz CT molecular complexity index is 363. The first kappa shape index (κ1) is 20.0. The van der Waals surface area contributed by atoms with Gasteiger partial charge in [-0.1, -0.05) is 20.8 Å². The van der Waals surface area contributed by atoms with Crippen molar-refractivity contribution < 1.29 is 4.79 Å². The Morgan fingerprint density at radius 3 is 2.50 bits per heavy atom. The highest BCUT2D eigenvalue weighted by atomic mass is 35.5. The molecule has 106 valence electrons. The summed E-state index contributed by atoms with van der Waals surface area (Å²) < 4.78 is 0. The van der Waals surface area contributed by atoms with Crippen LogP contribution in [0.1, 0.15) is 31.5 Å². The molecule has 0 spiro atoms. The van der Waals surface area contributed by atoms with Gasteiger partial charge < -0.3 is 11.1 Å². The molecule has 0 saturated carbocycles. The molecule has 0 aliphatic rings. The molecule has 1 aromatic rings. The average molecular weight is 314 g/mol. The molecule has 1 amide bonds. The molecule has 0 aliphatic heterocycles. The van der Waals surface area contributed by atoms with Crippen molar-refractivity contribution in [2.24, 2.45) is 5.73 Å². The number of hydrogen-bond acceptors (Lipinski definition) is 4. The van der Waals surface area contributed by atoms with Crippen LogP contribution in [-0.4, -0.2) is 24.0 Å². The van der Waals surface area contributed by atoms with Gasteiger partial charge in [-0.05, 0) is 0 Å². The van der Waals surface area contributed by atoms with Crippen molar-refractivity contribution in [1.29, 1.82) is 0 Å². The number of nitrogens with two attached hydrogens (primary N) is 1. The van der Waals surface area contributed by atoms with Gasteiger partial charge in [0, 0.05) is 23.8 Å². The van der Waals surface area contributed by atoms with Crippen LogP contribution in [0.15, 0.2) is 5.38 Å². The molecule has 0 radical (unpaired) electrons. The van der Waals surface area contributed by atoms with E-state index in [-0.39, 0.29) is 42.7 Å². The molecule has 1 aromatic heterocycles. The van der Waals surface area contributed by atoms with Crippen molar-refractivity contribution in [3.05, 3.63) is 16.1 Å². The van der Waals surface area contributed by atoms with Gasteiger partial charge in [0.15, 0.2) is 0 Å². The molecule has 1 heterocycles. The van der Waals surface area contributed by atoms with E-state index in [9.17, 15) is 4.79 Å². The predicted molar refractivity (Wildman–Crippen MR) is 81.1 cm³/mol. The Morgan fingerprint density at radius 2 is 2.06 bits per heavy atom. The van der Waals surface area contributed by atoms with E-state index < -0.39 is 0 Å². The molecular formula is C11H21Cl2N3OS.